The van der Waals surface area contributed by atoms with Gasteiger partial charge in [0.05, 0.1) is 6.54 Å². The molecule has 0 N–H and O–H groups in total. The minimum absolute atomic E-state index is 0.0294. The molecule has 1 unspecified atom stereocenters. The Morgan fingerprint density at radius 3 is 2.30 bits per heavy atom. The number of carbonyl (C=O) groups is 2. The van der Waals surface area contributed by atoms with E-state index < -0.39 is 0 Å². The zero-order valence-corrected chi connectivity index (χ0v) is 13.8. The van der Waals surface area contributed by atoms with Gasteiger partial charge >= 0.3 is 0 Å². The highest BCUT2D eigenvalue weighted by Gasteiger charge is 2.48. The van der Waals surface area contributed by atoms with Crippen LogP contribution in [0.15, 0.2) is 0 Å². The Kier molecular flexibility index (Phi) is 4.67. The molecule has 0 aromatic heterocycles. The average Bonchev–Trinajstić information content (AvgIpc) is 2.79. The van der Waals surface area contributed by atoms with E-state index >= 15 is 0 Å². The number of hydrogen-bond acceptors (Lipinski definition) is 3. The predicted octanol–water partition coefficient (Wildman–Crippen LogP) is 2.19. The highest BCUT2D eigenvalue weighted by atomic mass is 32.2. The van der Waals surface area contributed by atoms with Gasteiger partial charge in [0, 0.05) is 30.7 Å². The van der Waals surface area contributed by atoms with Gasteiger partial charge in [-0.15, -0.1) is 11.8 Å². The summed E-state index contributed by atoms with van der Waals surface area (Å²) in [6.45, 7) is 10.2. The van der Waals surface area contributed by atoms with E-state index in [2.05, 4.69) is 0 Å². The number of thioether (sulfide) groups is 1. The van der Waals surface area contributed by atoms with E-state index in [-0.39, 0.29) is 28.5 Å². The van der Waals surface area contributed by atoms with Gasteiger partial charge in [0.15, 0.2) is 0 Å². The number of rotatable bonds is 2. The molecule has 114 valence electrons. The van der Waals surface area contributed by atoms with E-state index in [0.29, 0.717) is 6.54 Å². The predicted molar refractivity (Wildman–Crippen MR) is 82.4 cm³/mol. The zero-order chi connectivity index (χ0) is 14.9. The van der Waals surface area contributed by atoms with Gasteiger partial charge in [-0.2, -0.15) is 0 Å². The van der Waals surface area contributed by atoms with Crippen molar-refractivity contribution in [2.75, 3.05) is 25.4 Å². The maximum absolute atomic E-state index is 12.4. The van der Waals surface area contributed by atoms with E-state index in [4.69, 9.17) is 0 Å². The number of carbonyl (C=O) groups excluding carboxylic acids is 2. The monoisotopic (exact) mass is 298 g/mol. The molecule has 2 aliphatic rings. The third-order valence-electron chi connectivity index (χ3n) is 4.18. The quantitative estimate of drug-likeness (QED) is 0.784. The lowest BCUT2D eigenvalue weighted by atomic mass is 10.00. The fourth-order valence-electron chi connectivity index (χ4n) is 3.13. The molecule has 2 heterocycles. The Labute approximate surface area is 126 Å². The van der Waals surface area contributed by atoms with Gasteiger partial charge in [-0.05, 0) is 12.8 Å². The fourth-order valence-corrected chi connectivity index (χ4v) is 4.65. The Balaban J connectivity index is 2.16. The van der Waals surface area contributed by atoms with E-state index in [0.717, 1.165) is 31.7 Å². The topological polar surface area (TPSA) is 40.6 Å². The van der Waals surface area contributed by atoms with E-state index in [1.54, 1.807) is 0 Å². The van der Waals surface area contributed by atoms with E-state index in [1.165, 1.54) is 0 Å². The van der Waals surface area contributed by atoms with E-state index in [9.17, 15) is 9.59 Å². The molecule has 2 saturated heterocycles. The van der Waals surface area contributed by atoms with Crippen LogP contribution in [0.25, 0.3) is 0 Å². The number of hydrogen-bond donors (Lipinski definition) is 0. The summed E-state index contributed by atoms with van der Waals surface area (Å²) in [4.78, 5) is 28.5. The maximum atomic E-state index is 12.4. The van der Waals surface area contributed by atoms with Gasteiger partial charge in [-0.1, -0.05) is 27.7 Å². The van der Waals surface area contributed by atoms with Crippen molar-refractivity contribution in [1.29, 1.82) is 0 Å². The van der Waals surface area contributed by atoms with Gasteiger partial charge in [-0.25, -0.2) is 0 Å². The minimum Gasteiger partial charge on any atom is -0.339 e. The molecule has 0 aromatic rings. The third-order valence-corrected chi connectivity index (χ3v) is 5.65. The van der Waals surface area contributed by atoms with Crippen molar-refractivity contribution in [1.82, 2.24) is 9.80 Å². The summed E-state index contributed by atoms with van der Waals surface area (Å²) in [5.74, 6) is 1.50. The third kappa shape index (κ3) is 2.83. The first-order valence-corrected chi connectivity index (χ1v) is 8.60. The molecule has 0 aliphatic carbocycles. The van der Waals surface area contributed by atoms with Gasteiger partial charge in [0.25, 0.3) is 0 Å². The van der Waals surface area contributed by atoms with Crippen LogP contribution in [-0.2, 0) is 9.59 Å². The molecule has 2 rings (SSSR count). The molecule has 2 aliphatic heterocycles. The van der Waals surface area contributed by atoms with Crippen molar-refractivity contribution in [3.63, 3.8) is 0 Å². The molecule has 0 saturated carbocycles. The molecule has 2 fully saturated rings. The van der Waals surface area contributed by atoms with Crippen molar-refractivity contribution < 1.29 is 9.59 Å². The second kappa shape index (κ2) is 5.96. The molecule has 1 spiro atoms. The molecule has 0 bridgehead atoms. The van der Waals surface area contributed by atoms with Crippen molar-refractivity contribution >= 4 is 23.6 Å². The molecular weight excluding hydrogens is 272 g/mol. The first-order chi connectivity index (χ1) is 9.37. The number of piperidine rings is 1. The summed E-state index contributed by atoms with van der Waals surface area (Å²) in [6.07, 6.45) is 2.01. The Morgan fingerprint density at radius 1 is 1.05 bits per heavy atom. The number of nitrogens with zero attached hydrogens (tertiary/aromatic N) is 2. The second-order valence-corrected chi connectivity index (χ2v) is 7.91. The highest BCUT2D eigenvalue weighted by Crippen LogP contribution is 2.43. The molecular formula is C15H26N2O2S. The van der Waals surface area contributed by atoms with Gasteiger partial charge in [0.2, 0.25) is 11.8 Å². The van der Waals surface area contributed by atoms with Crippen LogP contribution in [0.1, 0.15) is 40.5 Å². The lowest BCUT2D eigenvalue weighted by Gasteiger charge is -2.45. The summed E-state index contributed by atoms with van der Waals surface area (Å²) in [5.41, 5.74) is 0. The Hall–Kier alpha value is -0.710. The Morgan fingerprint density at radius 2 is 1.70 bits per heavy atom. The van der Waals surface area contributed by atoms with Crippen molar-refractivity contribution in [3.05, 3.63) is 0 Å². The van der Waals surface area contributed by atoms with Gasteiger partial charge in [0.1, 0.15) is 4.87 Å². The molecule has 2 amide bonds. The summed E-state index contributed by atoms with van der Waals surface area (Å²) < 4.78 is 0. The van der Waals surface area contributed by atoms with Gasteiger partial charge < -0.3 is 9.80 Å². The second-order valence-electron chi connectivity index (χ2n) is 6.46. The molecule has 4 nitrogen and oxygen atoms in total. The van der Waals surface area contributed by atoms with Crippen LogP contribution >= 0.6 is 11.8 Å². The van der Waals surface area contributed by atoms with Crippen LogP contribution in [0.5, 0.6) is 0 Å². The molecule has 0 radical (unpaired) electrons. The molecule has 1 atom stereocenters. The van der Waals surface area contributed by atoms with Crippen LogP contribution in [0.3, 0.4) is 0 Å². The summed E-state index contributed by atoms with van der Waals surface area (Å²) in [6, 6.07) is 0. The van der Waals surface area contributed by atoms with Crippen molar-refractivity contribution in [3.8, 4) is 0 Å². The lowest BCUT2D eigenvalue weighted by Crippen LogP contribution is -2.58. The Bertz CT molecular complexity index is 397. The van der Waals surface area contributed by atoms with Crippen LogP contribution < -0.4 is 0 Å². The van der Waals surface area contributed by atoms with Crippen LogP contribution in [0.2, 0.25) is 0 Å². The number of likely N-dealkylation sites (tertiary alicyclic amines) is 1. The van der Waals surface area contributed by atoms with E-state index in [1.807, 2.05) is 49.3 Å². The highest BCUT2D eigenvalue weighted by molar-refractivity contribution is 8.00. The first-order valence-electron chi connectivity index (χ1n) is 7.61. The first kappa shape index (κ1) is 15.7. The SMILES string of the molecule is CC(C)C(=O)N1CCCC2(C1)SCCN2C(=O)C(C)C. The zero-order valence-electron chi connectivity index (χ0n) is 13.0. The maximum Gasteiger partial charge on any atom is 0.226 e. The minimum atomic E-state index is -0.163. The van der Waals surface area contributed by atoms with Crippen molar-refractivity contribution in [2.45, 2.75) is 45.4 Å². The average molecular weight is 298 g/mol. The summed E-state index contributed by atoms with van der Waals surface area (Å²) in [5, 5.41) is 0. The van der Waals surface area contributed by atoms with Crippen LogP contribution in [-0.4, -0.2) is 51.9 Å². The van der Waals surface area contributed by atoms with Crippen molar-refractivity contribution in [2.24, 2.45) is 11.8 Å². The summed E-state index contributed by atoms with van der Waals surface area (Å²) >= 11 is 1.86. The van der Waals surface area contributed by atoms with Crippen LogP contribution in [0, 0.1) is 11.8 Å². The molecule has 0 aromatic carbocycles. The van der Waals surface area contributed by atoms with Crippen LogP contribution in [0.4, 0.5) is 0 Å². The molecule has 20 heavy (non-hydrogen) atoms. The fraction of sp³-hybridized carbons (Fsp3) is 0.867. The largest absolute Gasteiger partial charge is 0.339 e. The van der Waals surface area contributed by atoms with Gasteiger partial charge in [-0.3, -0.25) is 9.59 Å². The normalized spacial score (nSPS) is 26.9. The lowest BCUT2D eigenvalue weighted by molar-refractivity contribution is -0.143. The molecule has 5 heteroatoms. The summed E-state index contributed by atoms with van der Waals surface area (Å²) in [7, 11) is 0. The smallest absolute Gasteiger partial charge is 0.226 e. The standard InChI is InChI=1S/C15H26N2O2S/c1-11(2)13(18)16-7-5-6-15(10-16)17(8-9-20-15)14(19)12(3)4/h11-12H,5-10H2,1-4H3. The number of amides is 2.